The molecule has 5 rings (SSSR count). The van der Waals surface area contributed by atoms with E-state index in [2.05, 4.69) is 23.7 Å². The fraction of sp³-hybridized carbons (Fsp3) is 0.750. The van der Waals surface area contributed by atoms with Crippen LogP contribution in [0.15, 0.2) is 24.5 Å². The fourth-order valence-electron chi connectivity index (χ4n) is 5.79. The molecule has 3 heteroatoms. The van der Waals surface area contributed by atoms with Gasteiger partial charge in [-0.25, -0.2) is 0 Å². The highest BCUT2D eigenvalue weighted by molar-refractivity contribution is 5.80. The zero-order valence-corrected chi connectivity index (χ0v) is 14.4. The summed E-state index contributed by atoms with van der Waals surface area (Å²) in [5, 5.41) is 3.50. The molecule has 0 spiro atoms. The van der Waals surface area contributed by atoms with Crippen LogP contribution in [0.25, 0.3) is 0 Å². The van der Waals surface area contributed by atoms with Crippen LogP contribution in [0.5, 0.6) is 0 Å². The normalized spacial score (nSPS) is 36.4. The van der Waals surface area contributed by atoms with E-state index in [-0.39, 0.29) is 11.9 Å². The molecule has 1 amide bonds. The SMILES string of the molecule is CC(C)C[C@@H](C(=O)NC1C2CC3CC(C2)CC1C3)n1cccc1. The number of amides is 1. The second-order valence-electron chi connectivity index (χ2n) is 8.74. The summed E-state index contributed by atoms with van der Waals surface area (Å²) in [6, 6.07) is 4.43. The van der Waals surface area contributed by atoms with Gasteiger partial charge in [0.15, 0.2) is 0 Å². The molecule has 0 aromatic carbocycles. The third kappa shape index (κ3) is 2.95. The van der Waals surface area contributed by atoms with E-state index >= 15 is 0 Å². The second kappa shape index (κ2) is 5.99. The maximum atomic E-state index is 13.0. The Labute approximate surface area is 139 Å². The lowest BCUT2D eigenvalue weighted by molar-refractivity contribution is -0.128. The molecule has 3 nitrogen and oxygen atoms in total. The topological polar surface area (TPSA) is 34.0 Å². The number of aromatic nitrogens is 1. The Balaban J connectivity index is 1.47. The molecule has 1 aromatic heterocycles. The van der Waals surface area contributed by atoms with E-state index in [0.29, 0.717) is 12.0 Å². The van der Waals surface area contributed by atoms with Crippen molar-refractivity contribution in [2.24, 2.45) is 29.6 Å². The van der Waals surface area contributed by atoms with Crippen molar-refractivity contribution in [3.05, 3.63) is 24.5 Å². The molecule has 4 bridgehead atoms. The van der Waals surface area contributed by atoms with Gasteiger partial charge in [0.1, 0.15) is 6.04 Å². The molecule has 1 N–H and O–H groups in total. The van der Waals surface area contributed by atoms with Crippen LogP contribution in [-0.4, -0.2) is 16.5 Å². The third-order valence-corrected chi connectivity index (χ3v) is 6.52. The summed E-state index contributed by atoms with van der Waals surface area (Å²) in [4.78, 5) is 13.0. The Bertz CT molecular complexity index is 520. The highest BCUT2D eigenvalue weighted by atomic mass is 16.2. The number of rotatable bonds is 5. The van der Waals surface area contributed by atoms with Crippen molar-refractivity contribution in [1.29, 1.82) is 0 Å². The van der Waals surface area contributed by atoms with Gasteiger partial charge in [-0.15, -0.1) is 0 Å². The van der Waals surface area contributed by atoms with E-state index < -0.39 is 0 Å². The average molecular weight is 314 g/mol. The van der Waals surface area contributed by atoms with E-state index in [1.807, 2.05) is 24.5 Å². The van der Waals surface area contributed by atoms with Crippen molar-refractivity contribution in [3.8, 4) is 0 Å². The summed E-state index contributed by atoms with van der Waals surface area (Å²) >= 11 is 0. The highest BCUT2D eigenvalue weighted by Gasteiger charge is 2.48. The van der Waals surface area contributed by atoms with Crippen molar-refractivity contribution in [1.82, 2.24) is 9.88 Å². The van der Waals surface area contributed by atoms with E-state index in [1.54, 1.807) is 0 Å². The van der Waals surface area contributed by atoms with Crippen molar-refractivity contribution in [2.75, 3.05) is 0 Å². The first-order valence-electron chi connectivity index (χ1n) is 9.53. The molecule has 4 saturated carbocycles. The Morgan fingerprint density at radius 1 is 1.04 bits per heavy atom. The molecule has 0 saturated heterocycles. The Hall–Kier alpha value is -1.25. The van der Waals surface area contributed by atoms with Crippen molar-refractivity contribution < 1.29 is 4.79 Å². The predicted molar refractivity (Wildman–Crippen MR) is 91.9 cm³/mol. The standard InChI is InChI=1S/C20H30N2O/c1-13(2)7-18(22-5-3-4-6-22)20(23)21-19-16-9-14-8-15(11-16)12-17(19)10-14/h3-6,13-19H,7-12H2,1-2H3,(H,21,23)/t14?,15?,16?,17?,18-,19?/m0/s1. The molecule has 126 valence electrons. The Kier molecular flexibility index (Phi) is 3.98. The summed E-state index contributed by atoms with van der Waals surface area (Å²) in [6.07, 6.45) is 11.9. The lowest BCUT2D eigenvalue weighted by Crippen LogP contribution is -2.56. The maximum absolute atomic E-state index is 13.0. The molecule has 4 aliphatic carbocycles. The van der Waals surface area contributed by atoms with Gasteiger partial charge < -0.3 is 9.88 Å². The molecule has 1 aromatic rings. The molecule has 23 heavy (non-hydrogen) atoms. The van der Waals surface area contributed by atoms with Gasteiger partial charge in [0.25, 0.3) is 0 Å². The molecule has 0 unspecified atom stereocenters. The molecule has 4 fully saturated rings. The zero-order chi connectivity index (χ0) is 16.0. The van der Waals surface area contributed by atoms with Crippen molar-refractivity contribution in [2.45, 2.75) is 64.5 Å². The van der Waals surface area contributed by atoms with Crippen LogP contribution in [0.2, 0.25) is 0 Å². The van der Waals surface area contributed by atoms with E-state index in [9.17, 15) is 4.79 Å². The minimum absolute atomic E-state index is 0.0535. The first-order chi connectivity index (χ1) is 11.1. The molecule has 0 aliphatic heterocycles. The number of hydrogen-bond acceptors (Lipinski definition) is 1. The van der Waals surface area contributed by atoms with Crippen molar-refractivity contribution >= 4 is 5.91 Å². The Morgan fingerprint density at radius 2 is 1.61 bits per heavy atom. The third-order valence-electron chi connectivity index (χ3n) is 6.52. The monoisotopic (exact) mass is 314 g/mol. The van der Waals surface area contributed by atoms with Gasteiger partial charge >= 0.3 is 0 Å². The molecular formula is C20H30N2O. The smallest absolute Gasteiger partial charge is 0.243 e. The molecule has 0 radical (unpaired) electrons. The first-order valence-corrected chi connectivity index (χ1v) is 9.53. The van der Waals surface area contributed by atoms with E-state index in [1.165, 1.54) is 32.1 Å². The number of nitrogens with zero attached hydrogens (tertiary/aromatic N) is 1. The Morgan fingerprint density at radius 3 is 2.13 bits per heavy atom. The summed E-state index contributed by atoms with van der Waals surface area (Å²) in [7, 11) is 0. The molecule has 4 aliphatic rings. The largest absolute Gasteiger partial charge is 0.351 e. The van der Waals surface area contributed by atoms with Gasteiger partial charge in [-0.2, -0.15) is 0 Å². The van der Waals surface area contributed by atoms with Gasteiger partial charge in [0, 0.05) is 18.4 Å². The van der Waals surface area contributed by atoms with Crippen molar-refractivity contribution in [3.63, 3.8) is 0 Å². The minimum Gasteiger partial charge on any atom is -0.351 e. The second-order valence-corrected chi connectivity index (χ2v) is 8.74. The van der Waals surface area contributed by atoms with Crippen LogP contribution in [0.4, 0.5) is 0 Å². The van der Waals surface area contributed by atoms with Gasteiger partial charge in [-0.1, -0.05) is 13.8 Å². The summed E-state index contributed by atoms with van der Waals surface area (Å²) in [6.45, 7) is 4.40. The van der Waals surface area contributed by atoms with Gasteiger partial charge in [-0.05, 0) is 80.2 Å². The maximum Gasteiger partial charge on any atom is 0.243 e. The van der Waals surface area contributed by atoms with Crippen LogP contribution in [0.1, 0.15) is 58.4 Å². The fourth-order valence-corrected chi connectivity index (χ4v) is 5.79. The predicted octanol–water partition coefficient (Wildman–Crippen LogP) is 4.02. The van der Waals surface area contributed by atoms with Crippen LogP contribution in [-0.2, 0) is 4.79 Å². The molecule has 1 atom stereocenters. The number of carbonyl (C=O) groups excluding carboxylic acids is 1. The van der Waals surface area contributed by atoms with Gasteiger partial charge in [-0.3, -0.25) is 4.79 Å². The van der Waals surface area contributed by atoms with Crippen LogP contribution in [0, 0.1) is 29.6 Å². The summed E-state index contributed by atoms with van der Waals surface area (Å²) < 4.78 is 2.09. The summed E-state index contributed by atoms with van der Waals surface area (Å²) in [5.74, 6) is 4.18. The molecule has 1 heterocycles. The minimum atomic E-state index is -0.0535. The van der Waals surface area contributed by atoms with E-state index in [0.717, 1.165) is 30.1 Å². The average Bonchev–Trinajstić information content (AvgIpc) is 3.01. The highest BCUT2D eigenvalue weighted by Crippen LogP contribution is 2.53. The first kappa shape index (κ1) is 15.3. The number of nitrogens with one attached hydrogen (secondary N) is 1. The van der Waals surface area contributed by atoms with Crippen LogP contribution < -0.4 is 5.32 Å². The number of carbonyl (C=O) groups is 1. The number of hydrogen-bond donors (Lipinski definition) is 1. The van der Waals surface area contributed by atoms with Gasteiger partial charge in [0.2, 0.25) is 5.91 Å². The lowest BCUT2D eigenvalue weighted by Gasteiger charge is -2.54. The van der Waals surface area contributed by atoms with Crippen LogP contribution >= 0.6 is 0 Å². The zero-order valence-electron chi connectivity index (χ0n) is 14.4. The summed E-state index contributed by atoms with van der Waals surface area (Å²) in [5.41, 5.74) is 0. The molecular weight excluding hydrogens is 284 g/mol. The van der Waals surface area contributed by atoms with E-state index in [4.69, 9.17) is 0 Å². The van der Waals surface area contributed by atoms with Crippen LogP contribution in [0.3, 0.4) is 0 Å². The quantitative estimate of drug-likeness (QED) is 0.875. The lowest BCUT2D eigenvalue weighted by atomic mass is 9.54. The van der Waals surface area contributed by atoms with Gasteiger partial charge in [0.05, 0.1) is 0 Å².